The first kappa shape index (κ1) is 13.3. The highest BCUT2D eigenvalue weighted by atomic mass is 19.1. The third-order valence-corrected chi connectivity index (χ3v) is 3.63. The van der Waals surface area contributed by atoms with Crippen molar-refractivity contribution >= 4 is 0 Å². The normalized spacial score (nSPS) is 28.7. The van der Waals surface area contributed by atoms with Crippen LogP contribution in [0, 0.1) is 0 Å². The van der Waals surface area contributed by atoms with Crippen molar-refractivity contribution in [3.63, 3.8) is 0 Å². The topological polar surface area (TPSA) is 53.1 Å². The minimum atomic E-state index is -1.41. The Kier molecular flexibility index (Phi) is 3.61. The number of hydrogen-bond acceptors (Lipinski definition) is 3. The van der Waals surface area contributed by atoms with Crippen molar-refractivity contribution in [3.8, 4) is 5.75 Å². The highest BCUT2D eigenvalue weighted by molar-refractivity contribution is 5.32. The van der Waals surface area contributed by atoms with Crippen LogP contribution in [-0.4, -0.2) is 22.9 Å². The molecule has 102 valence electrons. The van der Waals surface area contributed by atoms with Crippen LogP contribution in [0.2, 0.25) is 0 Å². The summed E-state index contributed by atoms with van der Waals surface area (Å²) in [6.45, 7) is 3.98. The molecule has 0 spiro atoms. The molecule has 1 heterocycles. The van der Waals surface area contributed by atoms with Crippen molar-refractivity contribution in [1.82, 2.24) is 9.78 Å². The Balaban J connectivity index is 2.44. The summed E-state index contributed by atoms with van der Waals surface area (Å²) < 4.78 is 22.2. The van der Waals surface area contributed by atoms with Crippen LogP contribution in [0.1, 0.15) is 51.3 Å². The average molecular weight is 255 g/mol. The number of halogens is 1. The molecule has 5 heteroatoms. The Bertz CT molecular complexity index is 418. The van der Waals surface area contributed by atoms with Crippen molar-refractivity contribution in [3.05, 3.63) is 11.9 Å². The molecule has 2 rings (SSSR count). The maximum absolute atomic E-state index is 15.2. The monoisotopic (exact) mass is 255 g/mol. The molecule has 1 saturated carbocycles. The standard InChI is InChI=1S/C13H22FN3O/c1-9(2)17-12(11(18-3)8-16-17)13(14)6-4-5-10(15)7-13/h8-10H,4-7,15H2,1-3H3. The fraction of sp³-hybridized carbons (Fsp3) is 0.769. The van der Waals surface area contributed by atoms with Gasteiger partial charge in [0.2, 0.25) is 0 Å². The van der Waals surface area contributed by atoms with Crippen LogP contribution in [0.3, 0.4) is 0 Å². The van der Waals surface area contributed by atoms with Crippen LogP contribution in [-0.2, 0) is 5.67 Å². The summed E-state index contributed by atoms with van der Waals surface area (Å²) in [7, 11) is 1.55. The molecule has 1 aromatic heterocycles. The zero-order chi connectivity index (χ0) is 13.3. The van der Waals surface area contributed by atoms with E-state index in [4.69, 9.17) is 10.5 Å². The van der Waals surface area contributed by atoms with Gasteiger partial charge in [-0.2, -0.15) is 5.10 Å². The molecule has 2 N–H and O–H groups in total. The molecule has 0 radical (unpaired) electrons. The summed E-state index contributed by atoms with van der Waals surface area (Å²) in [6, 6.07) is 0.0265. The van der Waals surface area contributed by atoms with Gasteiger partial charge in [0.05, 0.1) is 13.3 Å². The number of aromatic nitrogens is 2. The largest absolute Gasteiger partial charge is 0.493 e. The molecule has 0 aliphatic heterocycles. The van der Waals surface area contributed by atoms with Crippen molar-refractivity contribution in [2.24, 2.45) is 5.73 Å². The highest BCUT2D eigenvalue weighted by Crippen LogP contribution is 2.44. The molecule has 1 fully saturated rings. The smallest absolute Gasteiger partial charge is 0.163 e. The van der Waals surface area contributed by atoms with Crippen LogP contribution >= 0.6 is 0 Å². The van der Waals surface area contributed by atoms with Gasteiger partial charge in [-0.05, 0) is 33.1 Å². The molecule has 0 saturated heterocycles. The SMILES string of the molecule is COc1cnn(C(C)C)c1C1(F)CCCC(N)C1. The second kappa shape index (κ2) is 4.88. The summed E-state index contributed by atoms with van der Waals surface area (Å²) >= 11 is 0. The average Bonchev–Trinajstić information content (AvgIpc) is 2.73. The highest BCUT2D eigenvalue weighted by Gasteiger charge is 2.42. The number of nitrogens with two attached hydrogens (primary N) is 1. The van der Waals surface area contributed by atoms with Crippen molar-refractivity contribution in [2.75, 3.05) is 7.11 Å². The van der Waals surface area contributed by atoms with Crippen LogP contribution in [0.5, 0.6) is 5.75 Å². The van der Waals surface area contributed by atoms with E-state index >= 15 is 4.39 Å². The molecule has 18 heavy (non-hydrogen) atoms. The first-order valence-electron chi connectivity index (χ1n) is 6.54. The molecule has 2 unspecified atom stereocenters. The van der Waals surface area contributed by atoms with E-state index in [1.165, 1.54) is 0 Å². The van der Waals surface area contributed by atoms with Gasteiger partial charge in [0.25, 0.3) is 0 Å². The minimum absolute atomic E-state index is 0.0797. The quantitative estimate of drug-likeness (QED) is 0.903. The lowest BCUT2D eigenvalue weighted by Crippen LogP contribution is -2.38. The van der Waals surface area contributed by atoms with Crippen LogP contribution in [0.15, 0.2) is 6.20 Å². The summed E-state index contributed by atoms with van der Waals surface area (Å²) in [5.74, 6) is 0.528. The third kappa shape index (κ3) is 2.23. The number of ether oxygens (including phenoxy) is 1. The summed E-state index contributed by atoms with van der Waals surface area (Å²) in [5.41, 5.74) is 5.06. The van der Waals surface area contributed by atoms with E-state index in [1.54, 1.807) is 18.0 Å². The van der Waals surface area contributed by atoms with Gasteiger partial charge >= 0.3 is 0 Å². The second-order valence-corrected chi connectivity index (χ2v) is 5.42. The predicted octanol–water partition coefficient (Wildman–Crippen LogP) is 2.54. The van der Waals surface area contributed by atoms with Crippen LogP contribution in [0.25, 0.3) is 0 Å². The molecule has 2 atom stereocenters. The summed E-state index contributed by atoms with van der Waals surface area (Å²) in [5, 5.41) is 4.24. The lowest BCUT2D eigenvalue weighted by Gasteiger charge is -2.34. The Morgan fingerprint density at radius 3 is 2.89 bits per heavy atom. The van der Waals surface area contributed by atoms with Crippen molar-refractivity contribution in [1.29, 1.82) is 0 Å². The van der Waals surface area contributed by atoms with Gasteiger partial charge in [0, 0.05) is 18.5 Å². The zero-order valence-corrected chi connectivity index (χ0v) is 11.3. The summed E-state index contributed by atoms with van der Waals surface area (Å²) in [6.07, 6.45) is 4.14. The predicted molar refractivity (Wildman–Crippen MR) is 68.4 cm³/mol. The second-order valence-electron chi connectivity index (χ2n) is 5.42. The van der Waals surface area contributed by atoms with Gasteiger partial charge in [-0.25, -0.2) is 4.39 Å². The maximum Gasteiger partial charge on any atom is 0.163 e. The fourth-order valence-electron chi connectivity index (χ4n) is 2.79. The fourth-order valence-corrected chi connectivity index (χ4v) is 2.79. The Hall–Kier alpha value is -1.10. The van der Waals surface area contributed by atoms with E-state index in [0.29, 0.717) is 24.3 Å². The van der Waals surface area contributed by atoms with Gasteiger partial charge in [0.1, 0.15) is 5.69 Å². The molecule has 4 nitrogen and oxygen atoms in total. The van der Waals surface area contributed by atoms with E-state index < -0.39 is 5.67 Å². The third-order valence-electron chi connectivity index (χ3n) is 3.63. The number of nitrogens with zero attached hydrogens (tertiary/aromatic N) is 2. The van der Waals surface area contributed by atoms with E-state index in [2.05, 4.69) is 5.10 Å². The molecular weight excluding hydrogens is 233 g/mol. The molecule has 1 aliphatic rings. The molecule has 1 aromatic rings. The van der Waals surface area contributed by atoms with Crippen molar-refractivity contribution < 1.29 is 9.13 Å². The Labute approximate surface area is 107 Å². The number of alkyl halides is 1. The van der Waals surface area contributed by atoms with Gasteiger partial charge in [-0.1, -0.05) is 0 Å². The Morgan fingerprint density at radius 2 is 2.33 bits per heavy atom. The summed E-state index contributed by atoms with van der Waals surface area (Å²) in [4.78, 5) is 0. The van der Waals surface area contributed by atoms with Gasteiger partial charge in [0.15, 0.2) is 11.4 Å². The van der Waals surface area contributed by atoms with Gasteiger partial charge in [-0.15, -0.1) is 0 Å². The van der Waals surface area contributed by atoms with E-state index in [-0.39, 0.29) is 12.1 Å². The molecule has 0 aromatic carbocycles. The first-order valence-corrected chi connectivity index (χ1v) is 6.54. The number of rotatable bonds is 3. The van der Waals surface area contributed by atoms with Gasteiger partial charge < -0.3 is 10.5 Å². The van der Waals surface area contributed by atoms with E-state index in [9.17, 15) is 0 Å². The lowest BCUT2D eigenvalue weighted by molar-refractivity contribution is 0.0792. The molecular formula is C13H22FN3O. The van der Waals surface area contributed by atoms with E-state index in [1.807, 2.05) is 13.8 Å². The molecule has 1 aliphatic carbocycles. The maximum atomic E-state index is 15.2. The number of methoxy groups -OCH3 is 1. The van der Waals surface area contributed by atoms with Gasteiger partial charge in [-0.3, -0.25) is 4.68 Å². The van der Waals surface area contributed by atoms with Crippen molar-refractivity contribution in [2.45, 2.75) is 57.3 Å². The zero-order valence-electron chi connectivity index (χ0n) is 11.3. The first-order chi connectivity index (χ1) is 8.48. The van der Waals surface area contributed by atoms with Crippen LogP contribution < -0.4 is 10.5 Å². The number of hydrogen-bond donors (Lipinski definition) is 1. The minimum Gasteiger partial charge on any atom is -0.493 e. The van der Waals surface area contributed by atoms with E-state index in [0.717, 1.165) is 12.8 Å². The van der Waals surface area contributed by atoms with Crippen LogP contribution in [0.4, 0.5) is 4.39 Å². The Morgan fingerprint density at radius 1 is 1.61 bits per heavy atom. The lowest BCUT2D eigenvalue weighted by atomic mass is 9.81. The molecule has 0 bridgehead atoms. The molecule has 0 amide bonds.